The highest BCUT2D eigenvalue weighted by atomic mass is 79.9. The van der Waals surface area contributed by atoms with Crippen molar-refractivity contribution in [1.82, 2.24) is 5.43 Å². The molecule has 0 saturated carbocycles. The van der Waals surface area contributed by atoms with E-state index in [1.807, 2.05) is 6.07 Å². The molecule has 0 aromatic carbocycles. The molecule has 4 heteroatoms. The quantitative estimate of drug-likeness (QED) is 0.647. The van der Waals surface area contributed by atoms with E-state index in [-0.39, 0.29) is 11.5 Å². The molecule has 3 nitrogen and oxygen atoms in total. The van der Waals surface area contributed by atoms with Gasteiger partial charge in [-0.3, -0.25) is 5.84 Å². The van der Waals surface area contributed by atoms with Crippen LogP contribution in [0, 0.1) is 5.41 Å². The molecule has 0 amide bonds. The lowest BCUT2D eigenvalue weighted by Crippen LogP contribution is -2.38. The molecule has 1 unspecified atom stereocenters. The highest BCUT2D eigenvalue weighted by molar-refractivity contribution is 9.10. The Morgan fingerprint density at radius 3 is 2.64 bits per heavy atom. The minimum absolute atomic E-state index is 0.0249. The van der Waals surface area contributed by atoms with E-state index >= 15 is 0 Å². The first-order valence-corrected chi connectivity index (χ1v) is 5.51. The molecule has 0 spiro atoms. The number of hydrazine groups is 1. The van der Waals surface area contributed by atoms with Crippen LogP contribution < -0.4 is 11.3 Å². The van der Waals surface area contributed by atoms with Crippen molar-refractivity contribution in [3.8, 4) is 0 Å². The fourth-order valence-electron chi connectivity index (χ4n) is 1.37. The van der Waals surface area contributed by atoms with Crippen LogP contribution in [0.1, 0.15) is 39.0 Å². The van der Waals surface area contributed by atoms with Crippen molar-refractivity contribution in [2.24, 2.45) is 11.3 Å². The number of hydrogen-bond donors (Lipinski definition) is 2. The van der Waals surface area contributed by atoms with E-state index in [1.54, 1.807) is 6.26 Å². The largest absolute Gasteiger partial charge is 0.466 e. The van der Waals surface area contributed by atoms with Gasteiger partial charge in [0, 0.05) is 0 Å². The molecule has 0 saturated heterocycles. The van der Waals surface area contributed by atoms with Gasteiger partial charge in [0.15, 0.2) is 0 Å². The van der Waals surface area contributed by atoms with Crippen LogP contribution in [-0.2, 0) is 0 Å². The fourth-order valence-corrected chi connectivity index (χ4v) is 1.80. The maximum Gasteiger partial charge on any atom is 0.136 e. The molecule has 1 heterocycles. The maximum absolute atomic E-state index is 5.56. The van der Waals surface area contributed by atoms with Gasteiger partial charge in [-0.25, -0.2) is 5.43 Å². The summed E-state index contributed by atoms with van der Waals surface area (Å²) >= 11 is 3.44. The van der Waals surface area contributed by atoms with Gasteiger partial charge in [-0.05, 0) is 33.8 Å². The Labute approximate surface area is 93.1 Å². The summed E-state index contributed by atoms with van der Waals surface area (Å²) in [5, 5.41) is 0. The Morgan fingerprint density at radius 1 is 1.64 bits per heavy atom. The highest BCUT2D eigenvalue weighted by Gasteiger charge is 2.31. The third-order valence-corrected chi connectivity index (χ3v) is 3.42. The van der Waals surface area contributed by atoms with Crippen LogP contribution in [-0.4, -0.2) is 0 Å². The van der Waals surface area contributed by atoms with Crippen LogP contribution in [0.3, 0.4) is 0 Å². The topological polar surface area (TPSA) is 51.2 Å². The Hall–Kier alpha value is -0.320. The zero-order valence-corrected chi connectivity index (χ0v) is 10.4. The summed E-state index contributed by atoms with van der Waals surface area (Å²) in [5.41, 5.74) is 2.88. The van der Waals surface area contributed by atoms with Crippen LogP contribution in [0.25, 0.3) is 0 Å². The summed E-state index contributed by atoms with van der Waals surface area (Å²) < 4.78 is 6.38. The molecular formula is C10H17BrN2O. The normalized spacial score (nSPS) is 14.4. The lowest BCUT2D eigenvalue weighted by Gasteiger charge is -2.31. The van der Waals surface area contributed by atoms with Gasteiger partial charge in [0.05, 0.1) is 16.8 Å². The fraction of sp³-hybridized carbons (Fsp3) is 0.600. The van der Waals surface area contributed by atoms with Crippen molar-refractivity contribution < 1.29 is 4.42 Å². The number of halogens is 1. The lowest BCUT2D eigenvalue weighted by molar-refractivity contribution is 0.206. The van der Waals surface area contributed by atoms with Crippen molar-refractivity contribution in [1.29, 1.82) is 0 Å². The van der Waals surface area contributed by atoms with Crippen LogP contribution in [0.2, 0.25) is 0 Å². The van der Waals surface area contributed by atoms with Crippen molar-refractivity contribution in [3.63, 3.8) is 0 Å². The third kappa shape index (κ3) is 2.19. The van der Waals surface area contributed by atoms with Gasteiger partial charge in [0.2, 0.25) is 0 Å². The van der Waals surface area contributed by atoms with E-state index in [0.717, 1.165) is 16.7 Å². The Morgan fingerprint density at radius 2 is 2.29 bits per heavy atom. The summed E-state index contributed by atoms with van der Waals surface area (Å²) in [6, 6.07) is 1.91. The smallest absolute Gasteiger partial charge is 0.136 e. The monoisotopic (exact) mass is 260 g/mol. The Kier molecular flexibility index (Phi) is 3.75. The zero-order chi connectivity index (χ0) is 10.8. The summed E-state index contributed by atoms with van der Waals surface area (Å²) in [6.45, 7) is 6.46. The molecule has 14 heavy (non-hydrogen) atoms. The van der Waals surface area contributed by atoms with Crippen LogP contribution in [0.15, 0.2) is 21.2 Å². The molecule has 0 radical (unpaired) electrons. The second-order valence-corrected chi connectivity index (χ2v) is 4.93. The number of nitrogens with two attached hydrogens (primary N) is 1. The van der Waals surface area contributed by atoms with Gasteiger partial charge in [0.25, 0.3) is 0 Å². The first kappa shape index (κ1) is 11.8. The minimum atomic E-state index is 0.0249. The second kappa shape index (κ2) is 4.47. The van der Waals surface area contributed by atoms with E-state index in [2.05, 4.69) is 42.1 Å². The van der Waals surface area contributed by atoms with E-state index in [0.29, 0.717) is 0 Å². The van der Waals surface area contributed by atoms with Gasteiger partial charge < -0.3 is 4.42 Å². The van der Waals surface area contributed by atoms with Gasteiger partial charge >= 0.3 is 0 Å². The molecule has 3 N–H and O–H groups in total. The summed E-state index contributed by atoms with van der Waals surface area (Å²) in [4.78, 5) is 0. The van der Waals surface area contributed by atoms with Crippen molar-refractivity contribution >= 4 is 15.9 Å². The predicted octanol–water partition coefficient (Wildman–Crippen LogP) is 2.98. The molecule has 0 aliphatic rings. The molecule has 0 aliphatic heterocycles. The van der Waals surface area contributed by atoms with Crippen molar-refractivity contribution in [2.45, 2.75) is 33.2 Å². The van der Waals surface area contributed by atoms with E-state index < -0.39 is 0 Å². The van der Waals surface area contributed by atoms with E-state index in [9.17, 15) is 0 Å². The van der Waals surface area contributed by atoms with Crippen LogP contribution in [0.4, 0.5) is 0 Å². The molecule has 0 aliphatic carbocycles. The molecule has 80 valence electrons. The van der Waals surface area contributed by atoms with Crippen LogP contribution >= 0.6 is 15.9 Å². The van der Waals surface area contributed by atoms with Crippen LogP contribution in [0.5, 0.6) is 0 Å². The summed E-state index contributed by atoms with van der Waals surface area (Å²) in [7, 11) is 0. The van der Waals surface area contributed by atoms with Crippen molar-refractivity contribution in [2.75, 3.05) is 0 Å². The van der Waals surface area contributed by atoms with E-state index in [4.69, 9.17) is 10.3 Å². The second-order valence-electron chi connectivity index (χ2n) is 4.07. The molecule has 0 bridgehead atoms. The zero-order valence-electron chi connectivity index (χ0n) is 8.80. The number of furan rings is 1. The van der Waals surface area contributed by atoms with Gasteiger partial charge in [0.1, 0.15) is 5.76 Å². The minimum Gasteiger partial charge on any atom is -0.466 e. The molecule has 1 aromatic rings. The maximum atomic E-state index is 5.56. The van der Waals surface area contributed by atoms with E-state index in [1.165, 1.54) is 0 Å². The van der Waals surface area contributed by atoms with Gasteiger partial charge in [-0.15, -0.1) is 0 Å². The third-order valence-electron chi connectivity index (χ3n) is 2.77. The SMILES string of the molecule is CCC(C)(C)C(NN)c1occc1Br. The molecule has 1 atom stereocenters. The summed E-state index contributed by atoms with van der Waals surface area (Å²) in [6.07, 6.45) is 2.69. The molecule has 1 aromatic heterocycles. The molecular weight excluding hydrogens is 244 g/mol. The van der Waals surface area contributed by atoms with Crippen molar-refractivity contribution in [3.05, 3.63) is 22.6 Å². The molecule has 1 rings (SSSR count). The number of rotatable bonds is 4. The lowest BCUT2D eigenvalue weighted by atomic mass is 9.81. The standard InChI is InChI=1S/C10H17BrN2O/c1-4-10(2,3)9(13-12)8-7(11)5-6-14-8/h5-6,9,13H,4,12H2,1-3H3. The molecule has 0 fully saturated rings. The Bertz CT molecular complexity index is 296. The van der Waals surface area contributed by atoms with Gasteiger partial charge in [-0.2, -0.15) is 0 Å². The highest BCUT2D eigenvalue weighted by Crippen LogP contribution is 2.38. The number of hydrogen-bond acceptors (Lipinski definition) is 3. The predicted molar refractivity (Wildman–Crippen MR) is 60.5 cm³/mol. The Balaban J connectivity index is 2.99. The first-order valence-electron chi connectivity index (χ1n) is 4.72. The number of nitrogens with one attached hydrogen (secondary N) is 1. The average molecular weight is 261 g/mol. The summed E-state index contributed by atoms with van der Waals surface area (Å²) in [5.74, 6) is 6.42. The van der Waals surface area contributed by atoms with Gasteiger partial charge in [-0.1, -0.05) is 20.8 Å². The first-order chi connectivity index (χ1) is 6.53. The average Bonchev–Trinajstić information content (AvgIpc) is 2.53.